The van der Waals surface area contributed by atoms with Crippen LogP contribution in [0.5, 0.6) is 5.75 Å². The van der Waals surface area contributed by atoms with Gasteiger partial charge in [-0.05, 0) is 29.3 Å². The van der Waals surface area contributed by atoms with Crippen molar-refractivity contribution in [1.29, 1.82) is 0 Å². The number of hydrogen-bond acceptors (Lipinski definition) is 8. The Morgan fingerprint density at radius 3 is 1.93 bits per heavy atom. The van der Waals surface area contributed by atoms with Crippen LogP contribution in [0.15, 0.2) is 54.7 Å². The molecule has 228 valence electrons. The number of nitrogens with two attached hydrogens (primary N) is 1. The highest BCUT2D eigenvalue weighted by atomic mass is 16.4. The summed E-state index contributed by atoms with van der Waals surface area (Å²) in [5.74, 6) is -7.39. The number of nitrogens with one attached hydrogen (secondary N) is 4. The number of amides is 3. The van der Waals surface area contributed by atoms with Crippen LogP contribution in [0.3, 0.4) is 0 Å². The summed E-state index contributed by atoms with van der Waals surface area (Å²) in [6.07, 6.45) is -0.419. The number of carboxylic acid groups (broad SMARTS) is 3. The monoisotopic (exact) mass is 597 g/mol. The van der Waals surface area contributed by atoms with E-state index in [-0.39, 0.29) is 18.6 Å². The van der Waals surface area contributed by atoms with Crippen LogP contribution >= 0.6 is 0 Å². The van der Waals surface area contributed by atoms with Gasteiger partial charge in [-0.2, -0.15) is 0 Å². The summed E-state index contributed by atoms with van der Waals surface area (Å²) in [6, 6.07) is 6.41. The minimum Gasteiger partial charge on any atom is -0.508 e. The molecule has 1 heterocycles. The molecular formula is C28H31N5O10. The Hall–Kier alpha value is -5.44. The van der Waals surface area contributed by atoms with E-state index in [1.165, 1.54) is 24.3 Å². The van der Waals surface area contributed by atoms with Crippen molar-refractivity contribution in [3.8, 4) is 5.75 Å². The molecule has 0 saturated carbocycles. The van der Waals surface area contributed by atoms with Crippen LogP contribution in [-0.2, 0) is 41.6 Å². The fraction of sp³-hybridized carbons (Fsp3) is 0.286. The van der Waals surface area contributed by atoms with Crippen LogP contribution in [0, 0.1) is 0 Å². The third-order valence-electron chi connectivity index (χ3n) is 6.47. The zero-order chi connectivity index (χ0) is 31.7. The predicted molar refractivity (Wildman–Crippen MR) is 150 cm³/mol. The zero-order valence-corrected chi connectivity index (χ0v) is 22.6. The number of hydrogen-bond donors (Lipinski definition) is 9. The number of aromatic nitrogens is 1. The number of fused-ring (bicyclic) bond motifs is 1. The number of benzene rings is 2. The van der Waals surface area contributed by atoms with Gasteiger partial charge < -0.3 is 47.1 Å². The first-order chi connectivity index (χ1) is 20.3. The van der Waals surface area contributed by atoms with Crippen molar-refractivity contribution in [1.82, 2.24) is 20.9 Å². The van der Waals surface area contributed by atoms with Crippen LogP contribution in [0.1, 0.15) is 24.0 Å². The summed E-state index contributed by atoms with van der Waals surface area (Å²) in [6.45, 7) is 0. The number of aliphatic carboxylic acids is 3. The Morgan fingerprint density at radius 1 is 0.721 bits per heavy atom. The third-order valence-corrected chi connectivity index (χ3v) is 6.47. The van der Waals surface area contributed by atoms with E-state index in [2.05, 4.69) is 20.9 Å². The summed E-state index contributed by atoms with van der Waals surface area (Å²) in [7, 11) is 0. The van der Waals surface area contributed by atoms with Crippen LogP contribution in [0.25, 0.3) is 10.9 Å². The van der Waals surface area contributed by atoms with E-state index in [0.29, 0.717) is 16.5 Å². The largest absolute Gasteiger partial charge is 0.508 e. The molecule has 1 aromatic heterocycles. The normalized spacial score (nSPS) is 13.7. The van der Waals surface area contributed by atoms with Gasteiger partial charge in [0.1, 0.15) is 23.9 Å². The number of aromatic amines is 1. The number of aromatic hydroxyl groups is 1. The summed E-state index contributed by atoms with van der Waals surface area (Å²) in [5, 5.41) is 45.0. The van der Waals surface area contributed by atoms with Gasteiger partial charge in [-0.1, -0.05) is 30.3 Å². The van der Waals surface area contributed by atoms with Gasteiger partial charge in [-0.3, -0.25) is 24.0 Å². The second-order valence-electron chi connectivity index (χ2n) is 9.76. The Bertz CT molecular complexity index is 1500. The van der Waals surface area contributed by atoms with Crippen molar-refractivity contribution in [2.45, 2.75) is 49.9 Å². The molecule has 10 N–H and O–H groups in total. The van der Waals surface area contributed by atoms with E-state index in [1.807, 2.05) is 0 Å². The molecule has 15 nitrogen and oxygen atoms in total. The standard InChI is InChI=1S/C28H31N5O10/c29-18(11-23(35)36)25(39)31-20(10-15-13-30-19-4-2-1-3-17(15)19)26(40)32-21(12-24(37)38)27(41)33-22(28(42)43)9-14-5-7-16(34)8-6-14/h1-8,13,18,20-22,30,34H,9-12,29H2,(H,31,39)(H,32,40)(H,33,41)(H,35,36)(H,37,38)(H,42,43). The lowest BCUT2D eigenvalue weighted by Crippen LogP contribution is -2.58. The Balaban J connectivity index is 1.83. The van der Waals surface area contributed by atoms with Crippen LogP contribution in [-0.4, -0.2) is 85.2 Å². The van der Waals surface area contributed by atoms with Crippen molar-refractivity contribution >= 4 is 46.5 Å². The fourth-order valence-electron chi connectivity index (χ4n) is 4.29. The molecule has 0 fully saturated rings. The molecule has 3 aromatic rings. The summed E-state index contributed by atoms with van der Waals surface area (Å²) in [4.78, 5) is 76.6. The van der Waals surface area contributed by atoms with Gasteiger partial charge in [0, 0.05) is 29.9 Å². The Morgan fingerprint density at radius 2 is 1.30 bits per heavy atom. The molecule has 0 aliphatic heterocycles. The maximum Gasteiger partial charge on any atom is 0.326 e. The van der Waals surface area contributed by atoms with Crippen molar-refractivity contribution in [3.05, 3.63) is 65.9 Å². The first kappa shape index (κ1) is 32.1. The number of rotatable bonds is 15. The highest BCUT2D eigenvalue weighted by molar-refractivity contribution is 5.96. The maximum atomic E-state index is 13.4. The molecule has 0 aliphatic carbocycles. The number of phenols is 1. The molecule has 0 radical (unpaired) electrons. The highest BCUT2D eigenvalue weighted by Crippen LogP contribution is 2.19. The van der Waals surface area contributed by atoms with Gasteiger partial charge in [0.05, 0.1) is 18.9 Å². The lowest BCUT2D eigenvalue weighted by molar-refractivity contribution is -0.143. The molecule has 2 aromatic carbocycles. The summed E-state index contributed by atoms with van der Waals surface area (Å²) >= 11 is 0. The smallest absolute Gasteiger partial charge is 0.326 e. The van der Waals surface area contributed by atoms with Gasteiger partial charge in [-0.15, -0.1) is 0 Å². The van der Waals surface area contributed by atoms with Crippen molar-refractivity contribution in [2.24, 2.45) is 5.73 Å². The number of para-hydroxylation sites is 1. The topological polar surface area (TPSA) is 261 Å². The van der Waals surface area contributed by atoms with Gasteiger partial charge in [-0.25, -0.2) is 4.79 Å². The molecule has 4 atom stereocenters. The van der Waals surface area contributed by atoms with Crippen LogP contribution < -0.4 is 21.7 Å². The molecule has 4 unspecified atom stereocenters. The summed E-state index contributed by atoms with van der Waals surface area (Å²) < 4.78 is 0. The van der Waals surface area contributed by atoms with Gasteiger partial charge in [0.25, 0.3) is 0 Å². The highest BCUT2D eigenvalue weighted by Gasteiger charge is 2.32. The van der Waals surface area contributed by atoms with E-state index in [1.54, 1.807) is 30.5 Å². The lowest BCUT2D eigenvalue weighted by atomic mass is 10.0. The lowest BCUT2D eigenvalue weighted by Gasteiger charge is -2.24. The van der Waals surface area contributed by atoms with Crippen molar-refractivity contribution < 1.29 is 49.2 Å². The second-order valence-corrected chi connectivity index (χ2v) is 9.76. The van der Waals surface area contributed by atoms with E-state index < -0.39 is 72.6 Å². The molecule has 0 spiro atoms. The second kappa shape index (κ2) is 14.5. The number of phenolic OH excluding ortho intramolecular Hbond substituents is 1. The van der Waals surface area contributed by atoms with E-state index >= 15 is 0 Å². The molecule has 0 bridgehead atoms. The van der Waals surface area contributed by atoms with E-state index in [0.717, 1.165) is 5.52 Å². The maximum absolute atomic E-state index is 13.4. The minimum atomic E-state index is -1.75. The van der Waals surface area contributed by atoms with Gasteiger partial charge >= 0.3 is 17.9 Å². The molecule has 43 heavy (non-hydrogen) atoms. The first-order valence-electron chi connectivity index (χ1n) is 13.0. The molecule has 3 amide bonds. The predicted octanol–water partition coefficient (Wildman–Crippen LogP) is -0.526. The number of H-pyrrole nitrogens is 1. The third kappa shape index (κ3) is 9.29. The molecule has 15 heteroatoms. The quantitative estimate of drug-likeness (QED) is 0.108. The number of carbonyl (C=O) groups is 6. The first-order valence-corrected chi connectivity index (χ1v) is 13.0. The average molecular weight is 598 g/mol. The van der Waals surface area contributed by atoms with E-state index in [4.69, 9.17) is 10.8 Å². The SMILES string of the molecule is NC(CC(=O)O)C(=O)NC(Cc1c[nH]c2ccccc12)C(=O)NC(CC(=O)O)C(=O)NC(Cc1ccc(O)cc1)C(=O)O. The fourth-order valence-corrected chi connectivity index (χ4v) is 4.29. The number of carboxylic acids is 3. The Kier molecular flexibility index (Phi) is 10.8. The Labute approximate surface area is 244 Å². The molecular weight excluding hydrogens is 566 g/mol. The molecule has 0 aliphatic rings. The van der Waals surface area contributed by atoms with Crippen molar-refractivity contribution in [2.75, 3.05) is 0 Å². The average Bonchev–Trinajstić information content (AvgIpc) is 3.35. The van der Waals surface area contributed by atoms with E-state index in [9.17, 15) is 44.1 Å². The number of carbonyl (C=O) groups excluding carboxylic acids is 3. The minimum absolute atomic E-state index is 0.0536. The molecule has 0 saturated heterocycles. The van der Waals surface area contributed by atoms with Crippen LogP contribution in [0.4, 0.5) is 0 Å². The van der Waals surface area contributed by atoms with Gasteiger partial charge in [0.2, 0.25) is 17.7 Å². The molecule has 3 rings (SSSR count). The van der Waals surface area contributed by atoms with Gasteiger partial charge in [0.15, 0.2) is 0 Å². The van der Waals surface area contributed by atoms with Crippen LogP contribution in [0.2, 0.25) is 0 Å². The van der Waals surface area contributed by atoms with Crippen molar-refractivity contribution in [3.63, 3.8) is 0 Å². The summed E-state index contributed by atoms with van der Waals surface area (Å²) in [5.41, 5.74) is 7.40. The zero-order valence-electron chi connectivity index (χ0n) is 22.6.